The van der Waals surface area contributed by atoms with Crippen molar-refractivity contribution in [3.8, 4) is 0 Å². The van der Waals surface area contributed by atoms with E-state index in [1.165, 1.54) is 0 Å². The van der Waals surface area contributed by atoms with Gasteiger partial charge in [-0.3, -0.25) is 4.79 Å². The van der Waals surface area contributed by atoms with E-state index in [1.54, 1.807) is 0 Å². The molecule has 1 unspecified atom stereocenters. The highest BCUT2D eigenvalue weighted by Crippen LogP contribution is 2.48. The summed E-state index contributed by atoms with van der Waals surface area (Å²) in [7, 11) is 0. The van der Waals surface area contributed by atoms with Gasteiger partial charge in [0.15, 0.2) is 0 Å². The first-order valence-electron chi connectivity index (χ1n) is 6.50. The lowest BCUT2D eigenvalue weighted by molar-refractivity contribution is -0.125. The molecule has 0 saturated heterocycles. The summed E-state index contributed by atoms with van der Waals surface area (Å²) in [5.74, 6) is 0.178. The minimum absolute atomic E-state index is 0.151. The summed E-state index contributed by atoms with van der Waals surface area (Å²) < 4.78 is 0. The van der Waals surface area contributed by atoms with Gasteiger partial charge in [0, 0.05) is 10.9 Å². The molecule has 1 aromatic rings. The Hall–Kier alpha value is -0.830. The summed E-state index contributed by atoms with van der Waals surface area (Å²) in [6.07, 6.45) is 2.85. The van der Waals surface area contributed by atoms with Crippen molar-refractivity contribution >= 4 is 21.8 Å². The number of amides is 1. The van der Waals surface area contributed by atoms with Gasteiger partial charge in [0.2, 0.25) is 5.91 Å². The van der Waals surface area contributed by atoms with Gasteiger partial charge in [0.25, 0.3) is 0 Å². The van der Waals surface area contributed by atoms with E-state index in [4.69, 9.17) is 0 Å². The molecule has 98 valence electrons. The third kappa shape index (κ3) is 2.46. The van der Waals surface area contributed by atoms with E-state index in [2.05, 4.69) is 47.2 Å². The number of rotatable bonds is 5. The largest absolute Gasteiger partial charge is 0.349 e. The van der Waals surface area contributed by atoms with Crippen LogP contribution in [0.3, 0.4) is 0 Å². The first kappa shape index (κ1) is 13.6. The van der Waals surface area contributed by atoms with Crippen LogP contribution in [0.1, 0.15) is 38.7 Å². The van der Waals surface area contributed by atoms with Gasteiger partial charge in [0.05, 0.1) is 5.41 Å². The van der Waals surface area contributed by atoms with Crippen LogP contribution in [-0.4, -0.2) is 16.8 Å². The van der Waals surface area contributed by atoms with E-state index in [9.17, 15) is 4.79 Å². The Bertz CT molecular complexity index is 421. The Morgan fingerprint density at radius 2 is 2.00 bits per heavy atom. The zero-order valence-electron chi connectivity index (χ0n) is 11.0. The van der Waals surface area contributed by atoms with Gasteiger partial charge in [-0.1, -0.05) is 53.2 Å². The Morgan fingerprint density at radius 1 is 1.39 bits per heavy atom. The van der Waals surface area contributed by atoms with Gasteiger partial charge in [-0.15, -0.1) is 0 Å². The molecule has 1 fully saturated rings. The first-order chi connectivity index (χ1) is 8.56. The van der Waals surface area contributed by atoms with Crippen LogP contribution >= 0.6 is 15.9 Å². The molecule has 2 nitrogen and oxygen atoms in total. The molecule has 1 atom stereocenters. The van der Waals surface area contributed by atoms with Crippen molar-refractivity contribution in [2.45, 2.75) is 44.1 Å². The molecule has 3 heteroatoms. The van der Waals surface area contributed by atoms with Crippen molar-refractivity contribution in [1.29, 1.82) is 0 Å². The van der Waals surface area contributed by atoms with Crippen LogP contribution < -0.4 is 5.32 Å². The highest BCUT2D eigenvalue weighted by molar-refractivity contribution is 9.09. The molecule has 0 bridgehead atoms. The summed E-state index contributed by atoms with van der Waals surface area (Å²) in [6.45, 7) is 4.18. The summed E-state index contributed by atoms with van der Waals surface area (Å²) in [6, 6.07) is 10.1. The fourth-order valence-corrected chi connectivity index (χ4v) is 2.68. The topological polar surface area (TPSA) is 29.1 Å². The Kier molecular flexibility index (Phi) is 3.81. The molecule has 1 aliphatic rings. The maximum absolute atomic E-state index is 12.5. The number of benzene rings is 1. The van der Waals surface area contributed by atoms with E-state index in [1.807, 2.05) is 18.2 Å². The highest BCUT2D eigenvalue weighted by atomic mass is 79.9. The smallest absolute Gasteiger partial charge is 0.231 e. The second-order valence-electron chi connectivity index (χ2n) is 5.45. The van der Waals surface area contributed by atoms with Crippen molar-refractivity contribution in [1.82, 2.24) is 5.32 Å². The van der Waals surface area contributed by atoms with Gasteiger partial charge in [-0.05, 0) is 31.7 Å². The molecular formula is C15H20BrNO. The predicted molar refractivity (Wildman–Crippen MR) is 78.0 cm³/mol. The normalized spacial score (nSPS) is 19.9. The van der Waals surface area contributed by atoms with Gasteiger partial charge < -0.3 is 5.32 Å². The number of carbonyl (C=O) groups is 1. The molecule has 18 heavy (non-hydrogen) atoms. The average molecular weight is 310 g/mol. The molecule has 0 radical (unpaired) electrons. The van der Waals surface area contributed by atoms with Crippen LogP contribution in [0.2, 0.25) is 0 Å². The van der Waals surface area contributed by atoms with Crippen molar-refractivity contribution in [3.63, 3.8) is 0 Å². The first-order valence-corrected chi connectivity index (χ1v) is 7.62. The standard InChI is InChI=1S/C15H20BrNO/c1-3-14(2,11-16)17-13(18)15(9-10-15)12-7-5-4-6-8-12/h4-8H,3,9-11H2,1-2H3,(H,17,18). The van der Waals surface area contributed by atoms with Gasteiger partial charge >= 0.3 is 0 Å². The molecule has 1 aromatic carbocycles. The minimum Gasteiger partial charge on any atom is -0.349 e. The van der Waals surface area contributed by atoms with Crippen molar-refractivity contribution in [3.05, 3.63) is 35.9 Å². The third-order valence-electron chi connectivity index (χ3n) is 4.00. The maximum atomic E-state index is 12.5. The molecule has 1 amide bonds. The summed E-state index contributed by atoms with van der Waals surface area (Å²) in [5.41, 5.74) is 0.733. The number of hydrogen-bond acceptors (Lipinski definition) is 1. The van der Waals surface area contributed by atoms with Crippen LogP contribution in [0.25, 0.3) is 0 Å². The van der Waals surface area contributed by atoms with E-state index in [-0.39, 0.29) is 16.9 Å². The quantitative estimate of drug-likeness (QED) is 0.830. The summed E-state index contributed by atoms with van der Waals surface area (Å²) >= 11 is 3.49. The van der Waals surface area contributed by atoms with Crippen LogP contribution in [0.15, 0.2) is 30.3 Å². The van der Waals surface area contributed by atoms with E-state index in [0.717, 1.165) is 30.2 Å². The molecule has 0 heterocycles. The lowest BCUT2D eigenvalue weighted by atomic mass is 9.92. The lowest BCUT2D eigenvalue weighted by Crippen LogP contribution is -2.50. The van der Waals surface area contributed by atoms with Crippen LogP contribution in [0, 0.1) is 0 Å². The Labute approximate surface area is 117 Å². The van der Waals surface area contributed by atoms with Gasteiger partial charge in [0.1, 0.15) is 0 Å². The van der Waals surface area contributed by atoms with Crippen LogP contribution in [-0.2, 0) is 10.2 Å². The SMILES string of the molecule is CCC(C)(CBr)NC(=O)C1(c2ccccc2)CC1. The summed E-state index contributed by atoms with van der Waals surface area (Å²) in [4.78, 5) is 12.5. The Morgan fingerprint density at radius 3 is 2.44 bits per heavy atom. The second kappa shape index (κ2) is 5.04. The zero-order valence-corrected chi connectivity index (χ0v) is 12.6. The van der Waals surface area contributed by atoms with Gasteiger partial charge in [-0.25, -0.2) is 0 Å². The van der Waals surface area contributed by atoms with E-state index in [0.29, 0.717) is 0 Å². The summed E-state index contributed by atoms with van der Waals surface area (Å²) in [5, 5.41) is 3.99. The van der Waals surface area contributed by atoms with Crippen molar-refractivity contribution < 1.29 is 4.79 Å². The maximum Gasteiger partial charge on any atom is 0.231 e. The molecule has 1 aliphatic carbocycles. The molecule has 0 aromatic heterocycles. The number of nitrogens with one attached hydrogen (secondary N) is 1. The van der Waals surface area contributed by atoms with Crippen LogP contribution in [0.4, 0.5) is 0 Å². The molecule has 1 N–H and O–H groups in total. The fourth-order valence-electron chi connectivity index (χ4n) is 2.14. The van der Waals surface area contributed by atoms with E-state index >= 15 is 0 Å². The molecule has 0 aliphatic heterocycles. The number of carbonyl (C=O) groups excluding carboxylic acids is 1. The molecule has 2 rings (SSSR count). The number of alkyl halides is 1. The third-order valence-corrected chi connectivity index (χ3v) is 5.24. The number of hydrogen-bond donors (Lipinski definition) is 1. The van der Waals surface area contributed by atoms with Crippen LogP contribution in [0.5, 0.6) is 0 Å². The zero-order chi connectivity index (χ0) is 13.2. The number of halogens is 1. The monoisotopic (exact) mass is 309 g/mol. The average Bonchev–Trinajstić information content (AvgIpc) is 3.21. The minimum atomic E-state index is -0.264. The molecule has 1 saturated carbocycles. The lowest BCUT2D eigenvalue weighted by Gasteiger charge is -2.30. The molecule has 0 spiro atoms. The highest BCUT2D eigenvalue weighted by Gasteiger charge is 2.52. The second-order valence-corrected chi connectivity index (χ2v) is 6.01. The van der Waals surface area contributed by atoms with Gasteiger partial charge in [-0.2, -0.15) is 0 Å². The predicted octanol–water partition coefficient (Wildman–Crippen LogP) is 3.40. The van der Waals surface area contributed by atoms with Crippen molar-refractivity contribution in [2.75, 3.05) is 5.33 Å². The Balaban J connectivity index is 2.15. The van der Waals surface area contributed by atoms with Crippen molar-refractivity contribution in [2.24, 2.45) is 0 Å². The molecular weight excluding hydrogens is 290 g/mol. The fraction of sp³-hybridized carbons (Fsp3) is 0.533. The van der Waals surface area contributed by atoms with E-state index < -0.39 is 0 Å².